The average molecular weight is 460 g/mol. The molecule has 1 aliphatic rings. The number of hydrogen-bond acceptors (Lipinski definition) is 4. The SMILES string of the molecule is CN1Cc2c(Cl)cc(Cl)cc2C(c2cccc(C(=O)N[C@@H](CO)C(=O)O)c2)C1.Cl. The minimum Gasteiger partial charge on any atom is -0.480 e. The number of amides is 1. The highest BCUT2D eigenvalue weighted by atomic mass is 35.5. The minimum atomic E-state index is -1.35. The summed E-state index contributed by atoms with van der Waals surface area (Å²) in [6.07, 6.45) is 0. The molecule has 1 amide bonds. The number of aliphatic hydroxyl groups is 1. The third-order valence-corrected chi connectivity index (χ3v) is 5.39. The highest BCUT2D eigenvalue weighted by Crippen LogP contribution is 2.38. The molecule has 29 heavy (non-hydrogen) atoms. The molecule has 0 bridgehead atoms. The van der Waals surface area contributed by atoms with Crippen molar-refractivity contribution >= 4 is 47.5 Å². The van der Waals surface area contributed by atoms with E-state index >= 15 is 0 Å². The number of carbonyl (C=O) groups is 2. The van der Waals surface area contributed by atoms with Crippen LogP contribution in [0.15, 0.2) is 36.4 Å². The van der Waals surface area contributed by atoms with E-state index in [-0.39, 0.29) is 18.3 Å². The molecule has 2 aromatic rings. The van der Waals surface area contributed by atoms with E-state index in [1.54, 1.807) is 24.3 Å². The molecule has 6 nitrogen and oxygen atoms in total. The number of carboxylic acid groups (broad SMARTS) is 1. The summed E-state index contributed by atoms with van der Waals surface area (Å²) in [5, 5.41) is 21.6. The van der Waals surface area contributed by atoms with Crippen molar-refractivity contribution in [3.8, 4) is 0 Å². The molecule has 9 heteroatoms. The molecule has 3 N–H and O–H groups in total. The van der Waals surface area contributed by atoms with E-state index in [0.29, 0.717) is 22.2 Å². The first-order valence-corrected chi connectivity index (χ1v) is 9.46. The summed E-state index contributed by atoms with van der Waals surface area (Å²) >= 11 is 12.6. The fourth-order valence-electron chi connectivity index (χ4n) is 3.45. The maximum atomic E-state index is 12.4. The van der Waals surface area contributed by atoms with Crippen LogP contribution in [0, 0.1) is 0 Å². The summed E-state index contributed by atoms with van der Waals surface area (Å²) < 4.78 is 0. The molecule has 0 saturated carbocycles. The third-order valence-electron chi connectivity index (χ3n) is 4.83. The number of halogens is 3. The summed E-state index contributed by atoms with van der Waals surface area (Å²) in [6.45, 7) is 0.750. The molecule has 1 heterocycles. The van der Waals surface area contributed by atoms with Gasteiger partial charge in [0.2, 0.25) is 0 Å². The van der Waals surface area contributed by atoms with Gasteiger partial charge >= 0.3 is 5.97 Å². The van der Waals surface area contributed by atoms with Crippen LogP contribution in [-0.4, -0.2) is 53.2 Å². The van der Waals surface area contributed by atoms with Crippen LogP contribution in [0.5, 0.6) is 0 Å². The molecule has 0 fully saturated rings. The van der Waals surface area contributed by atoms with Gasteiger partial charge in [0.1, 0.15) is 0 Å². The van der Waals surface area contributed by atoms with E-state index in [4.69, 9.17) is 33.4 Å². The minimum absolute atomic E-state index is 0. The summed E-state index contributed by atoms with van der Waals surface area (Å²) in [5.74, 6) is -1.89. The van der Waals surface area contributed by atoms with Gasteiger partial charge in [-0.2, -0.15) is 0 Å². The summed E-state index contributed by atoms with van der Waals surface area (Å²) in [6, 6.07) is 9.28. The molecule has 0 radical (unpaired) electrons. The van der Waals surface area contributed by atoms with E-state index in [0.717, 1.165) is 23.2 Å². The van der Waals surface area contributed by atoms with Gasteiger partial charge in [-0.1, -0.05) is 35.3 Å². The zero-order chi connectivity index (χ0) is 20.4. The van der Waals surface area contributed by atoms with E-state index in [2.05, 4.69) is 10.2 Å². The quantitative estimate of drug-likeness (QED) is 0.639. The number of benzene rings is 2. The van der Waals surface area contributed by atoms with Gasteiger partial charge in [-0.05, 0) is 48.0 Å². The molecule has 2 atom stereocenters. The van der Waals surface area contributed by atoms with E-state index in [1.807, 2.05) is 19.2 Å². The van der Waals surface area contributed by atoms with Gasteiger partial charge in [0.25, 0.3) is 5.91 Å². The second kappa shape index (κ2) is 9.78. The molecule has 0 aliphatic carbocycles. The van der Waals surface area contributed by atoms with Crippen LogP contribution in [0.4, 0.5) is 0 Å². The Morgan fingerprint density at radius 2 is 2.00 bits per heavy atom. The van der Waals surface area contributed by atoms with Crippen LogP contribution < -0.4 is 5.32 Å². The molecule has 1 aliphatic heterocycles. The van der Waals surface area contributed by atoms with Crippen LogP contribution in [0.2, 0.25) is 10.0 Å². The van der Waals surface area contributed by atoms with Gasteiger partial charge in [0.15, 0.2) is 6.04 Å². The van der Waals surface area contributed by atoms with Crippen molar-refractivity contribution in [2.24, 2.45) is 0 Å². The van der Waals surface area contributed by atoms with E-state index in [1.165, 1.54) is 0 Å². The zero-order valence-corrected chi connectivity index (χ0v) is 17.9. The first-order valence-electron chi connectivity index (χ1n) is 8.71. The Hall–Kier alpha value is -1.83. The molecule has 0 spiro atoms. The summed E-state index contributed by atoms with van der Waals surface area (Å²) in [5.41, 5.74) is 3.24. The molecular formula is C20H21Cl3N2O4. The van der Waals surface area contributed by atoms with Crippen LogP contribution in [-0.2, 0) is 11.3 Å². The largest absolute Gasteiger partial charge is 0.480 e. The van der Waals surface area contributed by atoms with Crippen LogP contribution in [0.25, 0.3) is 0 Å². The van der Waals surface area contributed by atoms with Crippen LogP contribution in [0.3, 0.4) is 0 Å². The number of nitrogens with one attached hydrogen (secondary N) is 1. The Labute approximate surface area is 184 Å². The second-order valence-corrected chi connectivity index (χ2v) is 7.72. The number of aliphatic hydroxyl groups excluding tert-OH is 1. The van der Waals surface area contributed by atoms with Gasteiger partial charge in [0, 0.05) is 34.6 Å². The number of carbonyl (C=O) groups excluding carboxylic acids is 1. The number of likely N-dealkylation sites (N-methyl/N-ethyl adjacent to an activating group) is 1. The molecular weight excluding hydrogens is 439 g/mol. The highest BCUT2D eigenvalue weighted by Gasteiger charge is 2.28. The number of hydrogen-bond donors (Lipinski definition) is 3. The maximum absolute atomic E-state index is 12.4. The normalized spacial score (nSPS) is 17.0. The Bertz CT molecular complexity index is 923. The van der Waals surface area contributed by atoms with Gasteiger partial charge < -0.3 is 20.4 Å². The molecule has 156 valence electrons. The molecule has 3 rings (SSSR count). The summed E-state index contributed by atoms with van der Waals surface area (Å²) in [4.78, 5) is 25.6. The lowest BCUT2D eigenvalue weighted by Crippen LogP contribution is -2.43. The Kier molecular flexibility index (Phi) is 7.91. The van der Waals surface area contributed by atoms with Crippen LogP contribution in [0.1, 0.15) is 33.0 Å². The van der Waals surface area contributed by atoms with Gasteiger partial charge in [-0.15, -0.1) is 12.4 Å². The standard InChI is InChI=1S/C20H20Cl2N2O4.ClH/c1-24-8-15(14-6-13(21)7-17(22)16(14)9-24)11-3-2-4-12(5-11)19(26)23-18(10-25)20(27)28;/h2-7,15,18,25H,8-10H2,1H3,(H,23,26)(H,27,28);1H/t15?,18-;/m0./s1. The Balaban J connectivity index is 0.00000300. The lowest BCUT2D eigenvalue weighted by Gasteiger charge is -2.33. The Morgan fingerprint density at radius 1 is 1.28 bits per heavy atom. The first kappa shape index (κ1) is 23.4. The summed E-state index contributed by atoms with van der Waals surface area (Å²) in [7, 11) is 2.00. The number of nitrogens with zero attached hydrogens (tertiary/aromatic N) is 1. The maximum Gasteiger partial charge on any atom is 0.328 e. The number of aliphatic carboxylic acids is 1. The average Bonchev–Trinajstić information content (AvgIpc) is 2.65. The highest BCUT2D eigenvalue weighted by molar-refractivity contribution is 6.35. The smallest absolute Gasteiger partial charge is 0.328 e. The van der Waals surface area contributed by atoms with Crippen molar-refractivity contribution in [3.05, 3.63) is 68.7 Å². The number of fused-ring (bicyclic) bond motifs is 1. The lowest BCUT2D eigenvalue weighted by atomic mass is 9.84. The van der Waals surface area contributed by atoms with Crippen molar-refractivity contribution in [1.82, 2.24) is 10.2 Å². The Morgan fingerprint density at radius 3 is 2.66 bits per heavy atom. The second-order valence-electron chi connectivity index (χ2n) is 6.88. The van der Waals surface area contributed by atoms with Gasteiger partial charge in [0.05, 0.1) is 6.61 Å². The predicted octanol–water partition coefficient (Wildman–Crippen LogP) is 3.17. The van der Waals surface area contributed by atoms with Crippen molar-refractivity contribution < 1.29 is 19.8 Å². The lowest BCUT2D eigenvalue weighted by molar-refractivity contribution is -0.140. The third kappa shape index (κ3) is 5.21. The molecule has 0 aromatic heterocycles. The monoisotopic (exact) mass is 458 g/mol. The number of carboxylic acids is 1. The fraction of sp³-hybridized carbons (Fsp3) is 0.300. The van der Waals surface area contributed by atoms with Gasteiger partial charge in [-0.3, -0.25) is 4.79 Å². The van der Waals surface area contributed by atoms with E-state index < -0.39 is 24.5 Å². The van der Waals surface area contributed by atoms with Crippen molar-refractivity contribution in [2.45, 2.75) is 18.5 Å². The first-order chi connectivity index (χ1) is 13.3. The van der Waals surface area contributed by atoms with E-state index in [9.17, 15) is 9.59 Å². The fourth-order valence-corrected chi connectivity index (χ4v) is 4.02. The zero-order valence-electron chi connectivity index (χ0n) is 15.6. The van der Waals surface area contributed by atoms with Crippen molar-refractivity contribution in [3.63, 3.8) is 0 Å². The topological polar surface area (TPSA) is 89.9 Å². The molecule has 1 unspecified atom stereocenters. The number of rotatable bonds is 5. The van der Waals surface area contributed by atoms with Gasteiger partial charge in [-0.25, -0.2) is 4.79 Å². The van der Waals surface area contributed by atoms with Crippen LogP contribution >= 0.6 is 35.6 Å². The molecule has 0 saturated heterocycles. The molecule has 2 aromatic carbocycles. The van der Waals surface area contributed by atoms with Crippen molar-refractivity contribution in [2.75, 3.05) is 20.2 Å². The predicted molar refractivity (Wildman–Crippen MR) is 114 cm³/mol. The van der Waals surface area contributed by atoms with Crippen molar-refractivity contribution in [1.29, 1.82) is 0 Å².